The average molecular weight is 760 g/mol. The zero-order valence-electron chi connectivity index (χ0n) is 30.1. The molecule has 0 aliphatic carbocycles. The molecule has 278 valence electrons. The molecule has 8 rings (SSSR count). The van der Waals surface area contributed by atoms with Gasteiger partial charge in [-0.25, -0.2) is 4.79 Å². The van der Waals surface area contributed by atoms with Gasteiger partial charge in [-0.2, -0.15) is 4.80 Å². The molecule has 0 radical (unpaired) electrons. The van der Waals surface area contributed by atoms with Crippen molar-refractivity contribution in [3.63, 3.8) is 0 Å². The van der Waals surface area contributed by atoms with Crippen LogP contribution in [0.5, 0.6) is 0 Å². The molecule has 1 saturated heterocycles. The first kappa shape index (κ1) is 36.2. The van der Waals surface area contributed by atoms with Crippen LogP contribution >= 0.6 is 11.8 Å². The predicted molar refractivity (Wildman–Crippen MR) is 214 cm³/mol. The summed E-state index contributed by atoms with van der Waals surface area (Å²) in [5.41, 5.74) is 4.27. The van der Waals surface area contributed by atoms with Crippen LogP contribution in [0.15, 0.2) is 176 Å². The molecule has 1 aromatic heterocycles. The van der Waals surface area contributed by atoms with E-state index in [4.69, 9.17) is 4.74 Å². The topological polar surface area (TPSA) is 131 Å². The van der Waals surface area contributed by atoms with E-state index in [0.717, 1.165) is 27.8 Å². The Morgan fingerprint density at radius 1 is 0.804 bits per heavy atom. The lowest BCUT2D eigenvalue weighted by Crippen LogP contribution is -2.70. The van der Waals surface area contributed by atoms with Gasteiger partial charge in [0.2, 0.25) is 5.91 Å². The third kappa shape index (κ3) is 6.98. The van der Waals surface area contributed by atoms with E-state index in [1.807, 2.05) is 152 Å². The number of anilines is 1. The number of aromatic nitrogens is 4. The molecule has 0 spiro atoms. The molecule has 5 aromatic carbocycles. The van der Waals surface area contributed by atoms with E-state index < -0.39 is 40.8 Å². The van der Waals surface area contributed by atoms with Crippen molar-refractivity contribution in [3.05, 3.63) is 203 Å². The number of carbonyl (C=O) groups is 3. The molecule has 3 heterocycles. The molecule has 11 nitrogen and oxygen atoms in total. The molecule has 2 atom stereocenters. The molecule has 1 unspecified atom stereocenters. The minimum Gasteiger partial charge on any atom is -0.448 e. The highest BCUT2D eigenvalue weighted by molar-refractivity contribution is 8.00. The van der Waals surface area contributed by atoms with E-state index in [9.17, 15) is 14.4 Å². The summed E-state index contributed by atoms with van der Waals surface area (Å²) in [6.45, 7) is 3.61. The number of ether oxygens (including phenoxy) is 1. The normalized spacial score (nSPS) is 16.4. The van der Waals surface area contributed by atoms with Gasteiger partial charge in [-0.1, -0.05) is 169 Å². The number of amides is 2. The van der Waals surface area contributed by atoms with Gasteiger partial charge in [0.15, 0.2) is 6.10 Å². The number of nitrogens with zero attached hydrogens (tertiary/aromatic N) is 5. The van der Waals surface area contributed by atoms with Gasteiger partial charge >= 0.3 is 5.97 Å². The van der Waals surface area contributed by atoms with E-state index in [0.29, 0.717) is 11.3 Å². The summed E-state index contributed by atoms with van der Waals surface area (Å²) in [5, 5.41) is 18.9. The van der Waals surface area contributed by atoms with Crippen LogP contribution in [0.2, 0.25) is 0 Å². The van der Waals surface area contributed by atoms with Gasteiger partial charge in [-0.15, -0.1) is 16.9 Å². The lowest BCUT2D eigenvalue weighted by Gasteiger charge is -2.49. The second kappa shape index (κ2) is 15.9. The third-order valence-corrected chi connectivity index (χ3v) is 11.1. The Balaban J connectivity index is 0.982. The van der Waals surface area contributed by atoms with E-state index in [1.165, 1.54) is 21.5 Å². The van der Waals surface area contributed by atoms with Crippen LogP contribution in [-0.4, -0.2) is 60.1 Å². The van der Waals surface area contributed by atoms with Crippen LogP contribution < -0.4 is 10.6 Å². The Morgan fingerprint density at radius 2 is 1.30 bits per heavy atom. The Morgan fingerprint density at radius 3 is 1.80 bits per heavy atom. The molecule has 12 heteroatoms. The van der Waals surface area contributed by atoms with Gasteiger partial charge < -0.3 is 15.4 Å². The summed E-state index contributed by atoms with van der Waals surface area (Å²) in [6.07, 6.45) is 0.875. The van der Waals surface area contributed by atoms with Gasteiger partial charge in [-0.05, 0) is 38.6 Å². The van der Waals surface area contributed by atoms with Gasteiger partial charge in [-0.3, -0.25) is 14.5 Å². The van der Waals surface area contributed by atoms with Crippen molar-refractivity contribution in [2.75, 3.05) is 11.1 Å². The largest absolute Gasteiger partial charge is 0.448 e. The van der Waals surface area contributed by atoms with E-state index in [-0.39, 0.29) is 18.2 Å². The smallest absolute Gasteiger partial charge is 0.356 e. The number of hydrogen-bond acceptors (Lipinski definition) is 9. The highest BCUT2D eigenvalue weighted by Crippen LogP contribution is 2.42. The van der Waals surface area contributed by atoms with E-state index in [1.54, 1.807) is 6.08 Å². The monoisotopic (exact) mass is 759 g/mol. The van der Waals surface area contributed by atoms with Crippen LogP contribution in [0, 0.1) is 0 Å². The zero-order valence-corrected chi connectivity index (χ0v) is 31.0. The molecular weight excluding hydrogens is 723 g/mol. The van der Waals surface area contributed by atoms with Crippen molar-refractivity contribution in [1.29, 1.82) is 0 Å². The maximum atomic E-state index is 14.0. The van der Waals surface area contributed by atoms with Crippen molar-refractivity contribution in [2.24, 2.45) is 0 Å². The first-order valence-electron chi connectivity index (χ1n) is 18.1. The summed E-state index contributed by atoms with van der Waals surface area (Å²) in [6, 6.07) is 48.0. The SMILES string of the molecule is C=CC1=C(C(=O)OC(c2ccccc2)c2ccccc2)N2C(=O)C(NC(=O)Cn3nnc(NC(c4ccccc4)(c4ccccc4)c4ccccc4)n3)[C@@H]2SC1. The standard InChI is InChI=1S/C44H37N7O4S/c1-2-30-29-56-41-37(40(53)51(41)38(30)42(54)55-39(31-18-8-3-9-19-31)32-20-10-4-11-21-32)45-36(52)28-50-48-43(47-49-50)46-44(33-22-12-5-13-23-33,34-24-14-6-15-25-34)35-26-16-7-17-27-35/h2-27,37,39,41H,1,28-29H2,(H,45,52)(H,46,48)/t37?,41-/m0/s1. The minimum atomic E-state index is -0.890. The zero-order chi connectivity index (χ0) is 38.5. The molecule has 0 bridgehead atoms. The van der Waals surface area contributed by atoms with Crippen molar-refractivity contribution in [2.45, 2.75) is 29.6 Å². The first-order valence-corrected chi connectivity index (χ1v) is 19.1. The predicted octanol–water partition coefficient (Wildman–Crippen LogP) is 6.25. The van der Waals surface area contributed by atoms with Crippen molar-refractivity contribution < 1.29 is 19.1 Å². The maximum absolute atomic E-state index is 14.0. The average Bonchev–Trinajstić information content (AvgIpc) is 3.70. The molecule has 2 aliphatic heterocycles. The lowest BCUT2D eigenvalue weighted by atomic mass is 9.77. The molecule has 6 aromatic rings. The third-order valence-electron chi connectivity index (χ3n) is 9.84. The number of thioether (sulfide) groups is 1. The number of benzene rings is 5. The van der Waals surface area contributed by atoms with Crippen LogP contribution in [0.3, 0.4) is 0 Å². The van der Waals surface area contributed by atoms with Crippen LogP contribution in [0.4, 0.5) is 5.95 Å². The number of carbonyl (C=O) groups excluding carboxylic acids is 3. The summed E-state index contributed by atoms with van der Waals surface area (Å²) < 4.78 is 6.14. The summed E-state index contributed by atoms with van der Waals surface area (Å²) in [7, 11) is 0. The molecule has 56 heavy (non-hydrogen) atoms. The van der Waals surface area contributed by atoms with E-state index in [2.05, 4.69) is 32.6 Å². The van der Waals surface area contributed by atoms with Crippen molar-refractivity contribution in [3.8, 4) is 0 Å². The van der Waals surface area contributed by atoms with Gasteiger partial charge in [0.1, 0.15) is 29.2 Å². The summed E-state index contributed by atoms with van der Waals surface area (Å²) >= 11 is 1.44. The number of tetrazole rings is 1. The van der Waals surface area contributed by atoms with Crippen LogP contribution in [0.1, 0.15) is 33.9 Å². The molecule has 2 aliphatic rings. The second-order valence-electron chi connectivity index (χ2n) is 13.3. The second-order valence-corrected chi connectivity index (χ2v) is 14.4. The number of fused-ring (bicyclic) bond motifs is 1. The lowest BCUT2D eigenvalue weighted by molar-refractivity contribution is -0.154. The first-order chi connectivity index (χ1) is 27.5. The van der Waals surface area contributed by atoms with Crippen LogP contribution in [-0.2, 0) is 31.2 Å². The fraction of sp³-hybridized carbons (Fsp3) is 0.136. The maximum Gasteiger partial charge on any atom is 0.356 e. The van der Waals surface area contributed by atoms with Gasteiger partial charge in [0, 0.05) is 5.75 Å². The van der Waals surface area contributed by atoms with Crippen molar-refractivity contribution in [1.82, 2.24) is 30.4 Å². The summed E-state index contributed by atoms with van der Waals surface area (Å²) in [4.78, 5) is 43.7. The molecule has 2 amide bonds. The quantitative estimate of drug-likeness (QED) is 0.0798. The van der Waals surface area contributed by atoms with Gasteiger partial charge in [0.05, 0.1) is 0 Å². The number of rotatable bonds is 13. The fourth-order valence-corrected chi connectivity index (χ4v) is 8.53. The number of esters is 1. The minimum absolute atomic E-state index is 0.128. The number of hydrogen-bond donors (Lipinski definition) is 2. The fourth-order valence-electron chi connectivity index (χ4n) is 7.19. The number of β-lactam (4-membered cyclic amide) rings is 1. The Bertz CT molecular complexity index is 2240. The van der Waals surface area contributed by atoms with Crippen molar-refractivity contribution >= 4 is 35.5 Å². The molecule has 0 saturated carbocycles. The molecule has 2 N–H and O–H groups in total. The Kier molecular flexibility index (Phi) is 10.3. The number of nitrogens with one attached hydrogen (secondary N) is 2. The molecular formula is C44H37N7O4S. The highest BCUT2D eigenvalue weighted by atomic mass is 32.2. The van der Waals surface area contributed by atoms with Gasteiger partial charge in [0.25, 0.3) is 11.9 Å². The van der Waals surface area contributed by atoms with E-state index >= 15 is 0 Å². The Hall–Kier alpha value is -6.79. The summed E-state index contributed by atoms with van der Waals surface area (Å²) in [5.74, 6) is -0.945. The van der Waals surface area contributed by atoms with Crippen LogP contribution in [0.25, 0.3) is 0 Å². The highest BCUT2D eigenvalue weighted by Gasteiger charge is 2.54. The number of allylic oxidation sites excluding steroid dienone is 1. The molecule has 1 fully saturated rings. The Labute approximate surface area is 328 Å².